The molecule has 1 unspecified atom stereocenters. The normalized spacial score (nSPS) is 17.5. The van der Waals surface area contributed by atoms with E-state index in [0.29, 0.717) is 61.7 Å². The van der Waals surface area contributed by atoms with Crippen LogP contribution in [0.3, 0.4) is 0 Å². The molecule has 0 saturated carbocycles. The monoisotopic (exact) mass is 772 g/mol. The Labute approximate surface area is 303 Å². The van der Waals surface area contributed by atoms with Gasteiger partial charge in [-0.1, -0.05) is 11.6 Å². The van der Waals surface area contributed by atoms with Gasteiger partial charge in [-0.2, -0.15) is 13.2 Å². The lowest BCUT2D eigenvalue weighted by atomic mass is 9.90. The molecule has 1 saturated heterocycles. The molecule has 3 aromatic heterocycles. The van der Waals surface area contributed by atoms with Gasteiger partial charge < -0.3 is 9.47 Å². The first kappa shape index (κ1) is 38.0. The van der Waals surface area contributed by atoms with Crippen molar-refractivity contribution in [1.82, 2.24) is 19.4 Å². The number of carbonyl (C=O) groups is 1. The van der Waals surface area contributed by atoms with Gasteiger partial charge in [0.15, 0.2) is 0 Å². The third-order valence-electron chi connectivity index (χ3n) is 9.07. The van der Waals surface area contributed by atoms with E-state index >= 15 is 0 Å². The number of benzene rings is 1. The number of hydrogen-bond acceptors (Lipinski definition) is 9. The van der Waals surface area contributed by atoms with Crippen LogP contribution >= 0.6 is 22.9 Å². The molecule has 0 bridgehead atoms. The van der Waals surface area contributed by atoms with E-state index in [1.165, 1.54) is 11.3 Å². The predicted octanol–water partition coefficient (Wildman–Crippen LogP) is 8.00. The molecule has 0 N–H and O–H groups in total. The maximum absolute atomic E-state index is 14.3. The zero-order valence-corrected chi connectivity index (χ0v) is 29.9. The van der Waals surface area contributed by atoms with Crippen LogP contribution in [-0.4, -0.2) is 69.7 Å². The van der Waals surface area contributed by atoms with Gasteiger partial charge in [-0.25, -0.2) is 9.78 Å². The number of hydrogen-bond donors (Lipinski definition) is 0. The van der Waals surface area contributed by atoms with Crippen molar-refractivity contribution in [3.63, 3.8) is 0 Å². The second kappa shape index (κ2) is 15.0. The number of aromatic nitrogens is 3. The summed E-state index contributed by atoms with van der Waals surface area (Å²) in [5.41, 5.74) is 1.85. The molecule has 1 atom stereocenters. The van der Waals surface area contributed by atoms with Crippen LogP contribution in [0.25, 0.3) is 21.3 Å². The van der Waals surface area contributed by atoms with Gasteiger partial charge in [-0.05, 0) is 77.1 Å². The number of carbonyl (C=O) groups excluding carboxylic acids is 1. The molecule has 17 heteroatoms. The lowest BCUT2D eigenvalue weighted by molar-refractivity contribution is -0.346. The Hall–Kier alpha value is -3.73. The van der Waals surface area contributed by atoms with Gasteiger partial charge in [-0.3, -0.25) is 24.0 Å². The lowest BCUT2D eigenvalue weighted by Crippen LogP contribution is -2.48. The highest BCUT2D eigenvalue weighted by molar-refractivity contribution is 7.18. The number of aryl methyl sites for hydroxylation is 2. The minimum atomic E-state index is -4.93. The van der Waals surface area contributed by atoms with Crippen molar-refractivity contribution in [1.29, 1.82) is 0 Å². The number of alkyl halides is 6. The van der Waals surface area contributed by atoms with Crippen LogP contribution in [0.4, 0.5) is 26.3 Å². The Morgan fingerprint density at radius 1 is 1.06 bits per heavy atom. The molecule has 2 aliphatic rings. The van der Waals surface area contributed by atoms with E-state index in [-0.39, 0.29) is 61.4 Å². The minimum absolute atomic E-state index is 0.0747. The number of rotatable bonds is 9. The average molecular weight is 773 g/mol. The van der Waals surface area contributed by atoms with Crippen LogP contribution < -0.4 is 10.3 Å². The summed E-state index contributed by atoms with van der Waals surface area (Å²) >= 11 is 7.66. The van der Waals surface area contributed by atoms with E-state index in [4.69, 9.17) is 21.1 Å². The fourth-order valence-electron chi connectivity index (χ4n) is 6.82. The maximum Gasteiger partial charge on any atom is 0.522 e. The Morgan fingerprint density at radius 3 is 2.46 bits per heavy atom. The first-order valence-electron chi connectivity index (χ1n) is 16.7. The van der Waals surface area contributed by atoms with Gasteiger partial charge >= 0.3 is 18.5 Å². The summed E-state index contributed by atoms with van der Waals surface area (Å²) < 4.78 is 97.8. The Kier molecular flexibility index (Phi) is 10.9. The molecule has 0 amide bonds. The van der Waals surface area contributed by atoms with Crippen LogP contribution in [-0.2, 0) is 35.0 Å². The number of fused-ring (bicyclic) bond motifs is 2. The molecular weight excluding hydrogens is 738 g/mol. The summed E-state index contributed by atoms with van der Waals surface area (Å²) in [5, 5.41) is 2.02. The minimum Gasteiger partial charge on any atom is -0.491 e. The third kappa shape index (κ3) is 8.40. The second-order valence-electron chi connectivity index (χ2n) is 13.1. The number of likely N-dealkylation sites (tertiary alicyclic amines) is 1. The van der Waals surface area contributed by atoms with Gasteiger partial charge in [0.1, 0.15) is 12.4 Å². The van der Waals surface area contributed by atoms with E-state index < -0.39 is 42.5 Å². The van der Waals surface area contributed by atoms with E-state index in [1.54, 1.807) is 50.4 Å². The summed E-state index contributed by atoms with van der Waals surface area (Å²) in [5.74, 6) is -1.57. The van der Waals surface area contributed by atoms with Crippen molar-refractivity contribution in [2.45, 2.75) is 90.2 Å². The van der Waals surface area contributed by atoms with Gasteiger partial charge in [0.25, 0.3) is 5.56 Å². The summed E-state index contributed by atoms with van der Waals surface area (Å²) in [6.45, 7) is 5.03. The number of thiophene rings is 1. The zero-order chi connectivity index (χ0) is 37.5. The molecule has 9 nitrogen and oxygen atoms in total. The second-order valence-corrected chi connectivity index (χ2v) is 14.4. The SMILES string of the molecule is Cc1cc(-c2cc(Cl)ccc2OCCn2c(C(F)(F)F)nc3c(c2=O)CC(N2CCC(OC(F)(F)F)CC2)CC3)c2scc(C(=O)OC(C)C)c2n1. The number of esters is 1. The van der Waals surface area contributed by atoms with Gasteiger partial charge in [0.2, 0.25) is 5.82 Å². The van der Waals surface area contributed by atoms with Crippen molar-refractivity contribution >= 4 is 39.1 Å². The Balaban J connectivity index is 1.24. The van der Waals surface area contributed by atoms with Crippen LogP contribution in [0.15, 0.2) is 34.4 Å². The van der Waals surface area contributed by atoms with Crippen molar-refractivity contribution in [2.75, 3.05) is 19.7 Å². The lowest BCUT2D eigenvalue weighted by Gasteiger charge is -2.39. The van der Waals surface area contributed by atoms with Gasteiger partial charge in [0, 0.05) is 51.9 Å². The van der Waals surface area contributed by atoms with E-state index in [1.807, 2.05) is 4.90 Å². The van der Waals surface area contributed by atoms with Crippen molar-refractivity contribution in [3.8, 4) is 16.9 Å². The molecule has 1 aromatic carbocycles. The van der Waals surface area contributed by atoms with Crippen LogP contribution in [0, 0.1) is 6.92 Å². The molecule has 0 spiro atoms. The molecule has 4 heterocycles. The van der Waals surface area contributed by atoms with Crippen LogP contribution in [0.2, 0.25) is 5.02 Å². The van der Waals surface area contributed by atoms with Gasteiger partial charge in [0.05, 0.1) is 40.2 Å². The van der Waals surface area contributed by atoms with Gasteiger partial charge in [-0.15, -0.1) is 24.5 Å². The zero-order valence-electron chi connectivity index (χ0n) is 28.4. The fraction of sp³-hybridized carbons (Fsp3) is 0.486. The van der Waals surface area contributed by atoms with Crippen LogP contribution in [0.1, 0.15) is 66.2 Å². The molecule has 280 valence electrons. The molecule has 52 heavy (non-hydrogen) atoms. The maximum atomic E-state index is 14.3. The average Bonchev–Trinajstić information content (AvgIpc) is 3.48. The molecule has 6 rings (SSSR count). The van der Waals surface area contributed by atoms with Crippen molar-refractivity contribution in [2.24, 2.45) is 0 Å². The quantitative estimate of drug-likeness (QED) is 0.125. The molecule has 0 radical (unpaired) electrons. The summed E-state index contributed by atoms with van der Waals surface area (Å²) in [6, 6.07) is 6.34. The molecule has 1 fully saturated rings. The molecule has 4 aromatic rings. The van der Waals surface area contributed by atoms with Crippen molar-refractivity contribution in [3.05, 3.63) is 73.4 Å². The Bertz CT molecular complexity index is 2020. The van der Waals surface area contributed by atoms with E-state index in [9.17, 15) is 35.9 Å². The molecule has 1 aliphatic heterocycles. The van der Waals surface area contributed by atoms with E-state index in [2.05, 4.69) is 14.7 Å². The smallest absolute Gasteiger partial charge is 0.491 e. The number of pyridine rings is 1. The molecule has 1 aliphatic carbocycles. The number of halogens is 7. The topological polar surface area (TPSA) is 95.8 Å². The van der Waals surface area contributed by atoms with E-state index in [0.717, 1.165) is 0 Å². The summed E-state index contributed by atoms with van der Waals surface area (Å²) in [6.07, 6.45) is -10.0. The highest BCUT2D eigenvalue weighted by Crippen LogP contribution is 2.41. The standard InChI is InChI=1S/C35H35ClF6N4O5S/c1-18(2)50-32(48)26-17-52-30-24(14-19(3)43-29(26)30)23-15-20(36)4-7-28(23)49-13-12-46-31(47)25-16-21(5-6-27(25)44-33(46)34(37,38)39)45-10-8-22(9-11-45)51-35(40,41)42/h4,7,14-15,17-18,21-22H,5-6,8-13,16H2,1-3H3. The van der Waals surface area contributed by atoms with Crippen LogP contribution in [0.5, 0.6) is 5.75 Å². The number of ether oxygens (including phenoxy) is 3. The third-order valence-corrected chi connectivity index (χ3v) is 10.3. The van der Waals surface area contributed by atoms with Crippen molar-refractivity contribution < 1.29 is 45.3 Å². The largest absolute Gasteiger partial charge is 0.522 e. The fourth-order valence-corrected chi connectivity index (χ4v) is 8.00. The number of piperidine rings is 1. The first-order valence-corrected chi connectivity index (χ1v) is 17.9. The summed E-state index contributed by atoms with van der Waals surface area (Å²) in [4.78, 5) is 37.0. The highest BCUT2D eigenvalue weighted by Gasteiger charge is 2.40. The first-order chi connectivity index (χ1) is 24.5. The predicted molar refractivity (Wildman–Crippen MR) is 182 cm³/mol. The Morgan fingerprint density at radius 2 is 1.79 bits per heavy atom. The summed E-state index contributed by atoms with van der Waals surface area (Å²) in [7, 11) is 0. The highest BCUT2D eigenvalue weighted by atomic mass is 35.5. The molecular formula is C35H35ClF6N4O5S. The number of nitrogens with zero attached hydrogens (tertiary/aromatic N) is 4.